The molecule has 68 valence electrons. The van der Waals surface area contributed by atoms with Crippen LogP contribution in [0.4, 0.5) is 0 Å². The Labute approximate surface area is 86.7 Å². The first-order valence-corrected chi connectivity index (χ1v) is 9.27. The molecule has 0 unspecified atom stereocenters. The van der Waals surface area contributed by atoms with Crippen LogP contribution in [0.15, 0.2) is 9.76 Å². The molecule has 0 amide bonds. The van der Waals surface area contributed by atoms with Gasteiger partial charge in [-0.25, -0.2) is 4.98 Å². The van der Waals surface area contributed by atoms with Crippen molar-refractivity contribution in [2.75, 3.05) is 6.26 Å². The van der Waals surface area contributed by atoms with Crippen molar-refractivity contribution in [3.05, 3.63) is 4.60 Å². The molecule has 1 heterocycles. The highest BCUT2D eigenvalue weighted by atomic mass is 79.9. The summed E-state index contributed by atoms with van der Waals surface area (Å²) in [6.45, 7) is 6.90. The first-order chi connectivity index (χ1) is 5.45. The average Bonchev–Trinajstić information content (AvgIpc) is 2.29. The van der Waals surface area contributed by atoms with Crippen LogP contribution >= 0.6 is 27.7 Å². The number of nitrogens with zero attached hydrogens (tertiary/aromatic N) is 1. The summed E-state index contributed by atoms with van der Waals surface area (Å²) < 4.78 is 0.992. The van der Waals surface area contributed by atoms with E-state index in [1.165, 1.54) is 5.32 Å². The van der Waals surface area contributed by atoms with Crippen molar-refractivity contribution in [2.45, 2.75) is 24.8 Å². The molecular weight excluding hydrogens is 252 g/mol. The lowest BCUT2D eigenvalue weighted by Crippen LogP contribution is -2.39. The van der Waals surface area contributed by atoms with Gasteiger partial charge in [0.05, 0.1) is 0 Å². The van der Waals surface area contributed by atoms with Crippen LogP contribution in [0.2, 0.25) is 19.6 Å². The van der Waals surface area contributed by atoms with Gasteiger partial charge in [0.1, 0.15) is 12.7 Å². The van der Waals surface area contributed by atoms with Crippen LogP contribution in [-0.2, 0) is 0 Å². The van der Waals surface area contributed by atoms with Crippen molar-refractivity contribution in [1.29, 1.82) is 0 Å². The Balaban J connectivity index is 3.08. The maximum Gasteiger partial charge on any atom is 0.166 e. The quantitative estimate of drug-likeness (QED) is 0.657. The molecule has 1 N–H and O–H groups in total. The molecule has 0 aliphatic rings. The van der Waals surface area contributed by atoms with Gasteiger partial charge in [-0.2, -0.15) is 0 Å². The van der Waals surface area contributed by atoms with Crippen LogP contribution in [0.5, 0.6) is 0 Å². The van der Waals surface area contributed by atoms with E-state index in [1.807, 2.05) is 6.26 Å². The van der Waals surface area contributed by atoms with Crippen molar-refractivity contribution >= 4 is 41.1 Å². The summed E-state index contributed by atoms with van der Waals surface area (Å²) in [5, 5.41) is 2.30. The normalized spacial score (nSPS) is 12.1. The van der Waals surface area contributed by atoms with Gasteiger partial charge in [0.2, 0.25) is 0 Å². The first-order valence-electron chi connectivity index (χ1n) is 3.75. The van der Waals surface area contributed by atoms with Crippen molar-refractivity contribution in [3.63, 3.8) is 0 Å². The topological polar surface area (TPSA) is 28.7 Å². The molecule has 2 nitrogen and oxygen atoms in total. The number of hydrogen-bond acceptors (Lipinski definition) is 2. The molecule has 0 bridgehead atoms. The van der Waals surface area contributed by atoms with E-state index in [2.05, 4.69) is 45.5 Å². The molecule has 1 rings (SSSR count). The zero-order valence-corrected chi connectivity index (χ0v) is 11.1. The van der Waals surface area contributed by atoms with E-state index < -0.39 is 8.07 Å². The lowest BCUT2D eigenvalue weighted by molar-refractivity contribution is 1.06. The van der Waals surface area contributed by atoms with Gasteiger partial charge >= 0.3 is 0 Å². The number of hydrogen-bond donors (Lipinski definition) is 1. The molecule has 1 aromatic rings. The highest BCUT2D eigenvalue weighted by Gasteiger charge is 2.22. The van der Waals surface area contributed by atoms with Gasteiger partial charge in [-0.05, 0) is 22.2 Å². The van der Waals surface area contributed by atoms with Gasteiger partial charge in [0, 0.05) is 5.32 Å². The van der Waals surface area contributed by atoms with Crippen molar-refractivity contribution in [2.24, 2.45) is 0 Å². The van der Waals surface area contributed by atoms with Crippen LogP contribution in [0.1, 0.15) is 0 Å². The van der Waals surface area contributed by atoms with Gasteiger partial charge in [-0.1, -0.05) is 31.4 Å². The lowest BCUT2D eigenvalue weighted by atomic mass is 10.9. The lowest BCUT2D eigenvalue weighted by Gasteiger charge is -2.13. The van der Waals surface area contributed by atoms with Crippen LogP contribution in [0, 0.1) is 0 Å². The summed E-state index contributed by atoms with van der Waals surface area (Å²) >= 11 is 5.12. The maximum atomic E-state index is 4.35. The number of rotatable bonds is 2. The smallest absolute Gasteiger partial charge is 0.166 e. The maximum absolute atomic E-state index is 4.35. The predicted molar refractivity (Wildman–Crippen MR) is 61.0 cm³/mol. The molecule has 0 atom stereocenters. The molecule has 0 spiro atoms. The van der Waals surface area contributed by atoms with Crippen molar-refractivity contribution in [1.82, 2.24) is 9.97 Å². The van der Waals surface area contributed by atoms with Crippen LogP contribution in [-0.4, -0.2) is 24.3 Å². The summed E-state index contributed by atoms with van der Waals surface area (Å²) in [5.74, 6) is 0. The number of H-pyrrole nitrogens is 1. The Hall–Kier alpha value is 0.257. The van der Waals surface area contributed by atoms with Gasteiger partial charge in [-0.3, -0.25) is 0 Å². The summed E-state index contributed by atoms with van der Waals surface area (Å²) in [5.41, 5.74) is 0. The van der Waals surface area contributed by atoms with Crippen molar-refractivity contribution < 1.29 is 0 Å². The highest BCUT2D eigenvalue weighted by Crippen LogP contribution is 2.15. The summed E-state index contributed by atoms with van der Waals surface area (Å²) in [7, 11) is -1.25. The fraction of sp³-hybridized carbons (Fsp3) is 0.571. The Morgan fingerprint density at radius 3 is 2.25 bits per heavy atom. The number of nitrogens with one attached hydrogen (secondary N) is 1. The van der Waals surface area contributed by atoms with E-state index in [-0.39, 0.29) is 0 Å². The molecule has 0 fully saturated rings. The molecule has 1 aromatic heterocycles. The Bertz CT molecular complexity index is 279. The largest absolute Gasteiger partial charge is 0.340 e. The van der Waals surface area contributed by atoms with Crippen LogP contribution in [0.25, 0.3) is 0 Å². The van der Waals surface area contributed by atoms with E-state index >= 15 is 0 Å². The Morgan fingerprint density at radius 2 is 2.00 bits per heavy atom. The summed E-state index contributed by atoms with van der Waals surface area (Å²) in [4.78, 5) is 7.69. The molecular formula is C7H13BrN2SSi. The minimum atomic E-state index is -1.25. The average molecular weight is 265 g/mol. The van der Waals surface area contributed by atoms with Crippen LogP contribution < -0.4 is 5.32 Å². The van der Waals surface area contributed by atoms with Gasteiger partial charge in [0.15, 0.2) is 5.16 Å². The molecule has 0 saturated heterocycles. The summed E-state index contributed by atoms with van der Waals surface area (Å²) in [6, 6.07) is 0. The number of thioether (sulfide) groups is 1. The van der Waals surface area contributed by atoms with E-state index in [0.717, 1.165) is 9.76 Å². The zero-order chi connectivity index (χ0) is 9.35. The van der Waals surface area contributed by atoms with Gasteiger partial charge in [0.25, 0.3) is 0 Å². The monoisotopic (exact) mass is 264 g/mol. The number of aromatic nitrogens is 2. The third-order valence-electron chi connectivity index (χ3n) is 1.58. The van der Waals surface area contributed by atoms with Gasteiger partial charge in [-0.15, -0.1) is 0 Å². The second-order valence-electron chi connectivity index (χ2n) is 3.66. The zero-order valence-electron chi connectivity index (χ0n) is 7.73. The fourth-order valence-electron chi connectivity index (χ4n) is 0.925. The molecule has 0 aliphatic carbocycles. The van der Waals surface area contributed by atoms with Crippen LogP contribution in [0.3, 0.4) is 0 Å². The minimum absolute atomic E-state index is 0.992. The molecule has 0 saturated carbocycles. The highest BCUT2D eigenvalue weighted by molar-refractivity contribution is 9.10. The molecule has 12 heavy (non-hydrogen) atoms. The molecule has 0 aliphatic heterocycles. The second kappa shape index (κ2) is 3.55. The second-order valence-corrected chi connectivity index (χ2v) is 10.2. The number of halogens is 1. The predicted octanol–water partition coefficient (Wildman–Crippen LogP) is 2.44. The minimum Gasteiger partial charge on any atom is -0.340 e. The number of aromatic amines is 1. The number of imidazole rings is 1. The molecule has 5 heteroatoms. The van der Waals surface area contributed by atoms with E-state index in [1.54, 1.807) is 11.8 Å². The third kappa shape index (κ3) is 2.14. The summed E-state index contributed by atoms with van der Waals surface area (Å²) in [6.07, 6.45) is 2.03. The van der Waals surface area contributed by atoms with E-state index in [4.69, 9.17) is 0 Å². The standard InChI is InChI=1S/C7H13BrN2SSi/c1-11-7-9-5(8)6(10-7)12(2,3)4/h1-4H3,(H,9,10). The fourth-order valence-corrected chi connectivity index (χ4v) is 4.75. The van der Waals surface area contributed by atoms with E-state index in [0.29, 0.717) is 0 Å². The third-order valence-corrected chi connectivity index (χ3v) is 4.96. The van der Waals surface area contributed by atoms with Crippen molar-refractivity contribution in [3.8, 4) is 0 Å². The molecule has 0 aromatic carbocycles. The first kappa shape index (κ1) is 10.3. The Kier molecular flexibility index (Phi) is 3.06. The van der Waals surface area contributed by atoms with E-state index in [9.17, 15) is 0 Å². The Morgan fingerprint density at radius 1 is 1.42 bits per heavy atom. The molecule has 0 radical (unpaired) electrons. The SMILES string of the molecule is CSc1nc(Br)c([Si](C)(C)C)[nH]1. The van der Waals surface area contributed by atoms with Gasteiger partial charge < -0.3 is 4.98 Å².